The summed E-state index contributed by atoms with van der Waals surface area (Å²) in [7, 11) is 0. The Bertz CT molecular complexity index is 629. The lowest BCUT2D eigenvalue weighted by Crippen LogP contribution is -2.30. The van der Waals surface area contributed by atoms with Crippen molar-refractivity contribution in [2.24, 2.45) is 10.2 Å². The molecule has 1 heterocycles. The number of rotatable bonds is 7. The Hall–Kier alpha value is -2.40. The SMILES string of the molecule is C#CCOCCOc1cc(C2(C(F)(F)F)N=N2)ccc1C=O. The number of hydrogen-bond donors (Lipinski definition) is 0. The monoisotopic (exact) mass is 312 g/mol. The number of nitrogens with zero attached hydrogens (tertiary/aromatic N) is 2. The maximum absolute atomic E-state index is 13.0. The number of aldehydes is 1. The van der Waals surface area contributed by atoms with Crippen molar-refractivity contribution < 1.29 is 27.4 Å². The van der Waals surface area contributed by atoms with Crippen LogP contribution in [-0.2, 0) is 10.4 Å². The Morgan fingerprint density at radius 3 is 2.59 bits per heavy atom. The van der Waals surface area contributed by atoms with Crippen LogP contribution in [0.4, 0.5) is 13.2 Å². The van der Waals surface area contributed by atoms with Gasteiger partial charge in [-0.2, -0.15) is 13.2 Å². The van der Waals surface area contributed by atoms with E-state index in [1.807, 2.05) is 0 Å². The van der Waals surface area contributed by atoms with Crippen molar-refractivity contribution in [3.63, 3.8) is 0 Å². The highest BCUT2D eigenvalue weighted by Crippen LogP contribution is 2.52. The highest BCUT2D eigenvalue weighted by molar-refractivity contribution is 5.79. The molecule has 22 heavy (non-hydrogen) atoms. The van der Waals surface area contributed by atoms with Gasteiger partial charge >= 0.3 is 11.8 Å². The van der Waals surface area contributed by atoms with E-state index in [1.165, 1.54) is 6.07 Å². The van der Waals surface area contributed by atoms with Crippen LogP contribution in [0.1, 0.15) is 15.9 Å². The molecule has 1 aliphatic rings. The minimum atomic E-state index is -4.64. The van der Waals surface area contributed by atoms with E-state index in [4.69, 9.17) is 15.9 Å². The molecule has 0 saturated heterocycles. The van der Waals surface area contributed by atoms with Gasteiger partial charge in [0.2, 0.25) is 0 Å². The second-order valence-corrected chi connectivity index (χ2v) is 4.35. The van der Waals surface area contributed by atoms with Crippen molar-refractivity contribution in [1.82, 2.24) is 0 Å². The first-order chi connectivity index (χ1) is 10.4. The van der Waals surface area contributed by atoms with Crippen molar-refractivity contribution in [3.8, 4) is 18.1 Å². The highest BCUT2D eigenvalue weighted by atomic mass is 19.4. The highest BCUT2D eigenvalue weighted by Gasteiger charge is 2.65. The number of halogens is 3. The van der Waals surface area contributed by atoms with E-state index >= 15 is 0 Å². The van der Waals surface area contributed by atoms with Crippen LogP contribution in [0, 0.1) is 12.3 Å². The van der Waals surface area contributed by atoms with Gasteiger partial charge in [0.15, 0.2) is 6.29 Å². The van der Waals surface area contributed by atoms with Crippen molar-refractivity contribution in [2.75, 3.05) is 19.8 Å². The van der Waals surface area contributed by atoms with Gasteiger partial charge in [-0.3, -0.25) is 4.79 Å². The molecule has 0 unspecified atom stereocenters. The largest absolute Gasteiger partial charge is 0.490 e. The first kappa shape index (κ1) is 16.0. The summed E-state index contributed by atoms with van der Waals surface area (Å²) in [4.78, 5) is 10.9. The normalized spacial score (nSPS) is 15.2. The zero-order valence-electron chi connectivity index (χ0n) is 11.3. The molecule has 0 amide bonds. The maximum Gasteiger partial charge on any atom is 0.442 e. The summed E-state index contributed by atoms with van der Waals surface area (Å²) in [5, 5.41) is 6.20. The number of carbonyl (C=O) groups excluding carboxylic acids is 1. The van der Waals surface area contributed by atoms with Gasteiger partial charge in [0.1, 0.15) is 19.0 Å². The van der Waals surface area contributed by atoms with Gasteiger partial charge in [0.25, 0.3) is 0 Å². The molecule has 116 valence electrons. The van der Waals surface area contributed by atoms with E-state index in [1.54, 1.807) is 0 Å². The van der Waals surface area contributed by atoms with Crippen LogP contribution in [0.25, 0.3) is 0 Å². The number of alkyl halides is 3. The van der Waals surface area contributed by atoms with E-state index in [0.717, 1.165) is 12.1 Å². The van der Waals surface area contributed by atoms with Crippen LogP contribution in [0.15, 0.2) is 28.4 Å². The molecule has 0 atom stereocenters. The summed E-state index contributed by atoms with van der Waals surface area (Å²) >= 11 is 0. The minimum absolute atomic E-state index is 0.0118. The average molecular weight is 312 g/mol. The van der Waals surface area contributed by atoms with Gasteiger partial charge in [-0.25, -0.2) is 0 Å². The van der Waals surface area contributed by atoms with Crippen LogP contribution in [0.3, 0.4) is 0 Å². The molecule has 5 nitrogen and oxygen atoms in total. The topological polar surface area (TPSA) is 60.2 Å². The van der Waals surface area contributed by atoms with Gasteiger partial charge in [-0.1, -0.05) is 12.0 Å². The summed E-state index contributed by atoms with van der Waals surface area (Å²) in [6, 6.07) is 3.49. The Morgan fingerprint density at radius 1 is 1.32 bits per heavy atom. The third-order valence-electron chi connectivity index (χ3n) is 2.91. The molecule has 1 aromatic carbocycles. The molecule has 0 spiro atoms. The van der Waals surface area contributed by atoms with Crippen LogP contribution >= 0.6 is 0 Å². The van der Waals surface area contributed by atoms with Gasteiger partial charge < -0.3 is 9.47 Å². The Kier molecular flexibility index (Phi) is 4.47. The minimum Gasteiger partial charge on any atom is -0.490 e. The number of benzene rings is 1. The van der Waals surface area contributed by atoms with Gasteiger partial charge in [-0.05, 0) is 12.1 Å². The van der Waals surface area contributed by atoms with E-state index in [2.05, 4.69) is 16.1 Å². The number of terminal acetylenes is 1. The van der Waals surface area contributed by atoms with Gasteiger partial charge in [-0.15, -0.1) is 16.7 Å². The molecule has 0 bridgehead atoms. The van der Waals surface area contributed by atoms with E-state index in [-0.39, 0.29) is 36.7 Å². The molecule has 0 fully saturated rings. The zero-order chi connectivity index (χ0) is 16.2. The van der Waals surface area contributed by atoms with Crippen molar-refractivity contribution in [2.45, 2.75) is 11.8 Å². The van der Waals surface area contributed by atoms with Crippen LogP contribution in [0.5, 0.6) is 5.75 Å². The molecule has 0 radical (unpaired) electrons. The summed E-state index contributed by atoms with van der Waals surface area (Å²) in [6.07, 6.45) is 0.846. The quantitative estimate of drug-likeness (QED) is 0.442. The number of ether oxygens (including phenoxy) is 2. The summed E-state index contributed by atoms with van der Waals surface area (Å²) < 4.78 is 49.1. The molecule has 0 aromatic heterocycles. The van der Waals surface area contributed by atoms with Crippen molar-refractivity contribution in [1.29, 1.82) is 0 Å². The second kappa shape index (κ2) is 6.15. The molecular formula is C14H11F3N2O3. The molecular weight excluding hydrogens is 301 g/mol. The Morgan fingerprint density at radius 2 is 2.05 bits per heavy atom. The second-order valence-electron chi connectivity index (χ2n) is 4.35. The Labute approximate surface area is 124 Å². The fraction of sp³-hybridized carbons (Fsp3) is 0.357. The third kappa shape index (κ3) is 3.09. The molecule has 0 saturated carbocycles. The predicted molar refractivity (Wildman–Crippen MR) is 69.6 cm³/mol. The van der Waals surface area contributed by atoms with E-state index in [0.29, 0.717) is 6.29 Å². The average Bonchev–Trinajstić information content (AvgIpc) is 3.28. The molecule has 8 heteroatoms. The van der Waals surface area contributed by atoms with Crippen molar-refractivity contribution >= 4 is 6.29 Å². The number of hydrogen-bond acceptors (Lipinski definition) is 5. The van der Waals surface area contributed by atoms with Crippen LogP contribution in [-0.4, -0.2) is 32.3 Å². The summed E-state index contributed by atoms with van der Waals surface area (Å²) in [6.45, 7) is 0.282. The van der Waals surface area contributed by atoms with E-state index < -0.39 is 11.8 Å². The predicted octanol–water partition coefficient (Wildman–Crippen LogP) is 2.71. The summed E-state index contributed by atoms with van der Waals surface area (Å²) in [5.41, 5.74) is -2.63. The zero-order valence-corrected chi connectivity index (χ0v) is 11.3. The lowest BCUT2D eigenvalue weighted by atomic mass is 10.0. The number of carbonyl (C=O) groups is 1. The van der Waals surface area contributed by atoms with Crippen LogP contribution < -0.4 is 4.74 Å². The van der Waals surface area contributed by atoms with Gasteiger partial charge in [0, 0.05) is 5.56 Å². The third-order valence-corrected chi connectivity index (χ3v) is 2.91. The first-order valence-electron chi connectivity index (χ1n) is 6.19. The molecule has 1 aliphatic heterocycles. The van der Waals surface area contributed by atoms with Crippen LogP contribution in [0.2, 0.25) is 0 Å². The molecule has 0 aliphatic carbocycles. The van der Waals surface area contributed by atoms with E-state index in [9.17, 15) is 18.0 Å². The fourth-order valence-electron chi connectivity index (χ4n) is 1.76. The molecule has 2 rings (SSSR count). The van der Waals surface area contributed by atoms with Gasteiger partial charge in [0.05, 0.1) is 12.2 Å². The lowest BCUT2D eigenvalue weighted by Gasteiger charge is -2.16. The molecule has 1 aromatic rings. The molecule has 0 N–H and O–H groups in total. The maximum atomic E-state index is 13.0. The van der Waals surface area contributed by atoms with Crippen molar-refractivity contribution in [3.05, 3.63) is 29.3 Å². The standard InChI is InChI=1S/C14H11F3N2O3/c1-2-5-21-6-7-22-12-8-11(4-3-10(12)9-20)13(18-19-13)14(15,16)17/h1,3-4,8-9H,5-7H2. The Balaban J connectivity index is 2.14. The fourth-order valence-corrected chi connectivity index (χ4v) is 1.76. The lowest BCUT2D eigenvalue weighted by molar-refractivity contribution is -0.166. The summed E-state index contributed by atoms with van der Waals surface area (Å²) in [5.74, 6) is 2.27. The first-order valence-corrected chi connectivity index (χ1v) is 6.19. The smallest absolute Gasteiger partial charge is 0.442 e.